The van der Waals surface area contributed by atoms with Crippen LogP contribution in [0.4, 0.5) is 0 Å². The second kappa shape index (κ2) is 4.48. The zero-order valence-electron chi connectivity index (χ0n) is 10.7. The van der Waals surface area contributed by atoms with Gasteiger partial charge in [0.05, 0.1) is 11.8 Å². The van der Waals surface area contributed by atoms with Crippen molar-refractivity contribution in [3.05, 3.63) is 35.9 Å². The van der Waals surface area contributed by atoms with Crippen molar-refractivity contribution in [2.24, 2.45) is 4.99 Å². The van der Waals surface area contributed by atoms with Gasteiger partial charge >= 0.3 is 0 Å². The van der Waals surface area contributed by atoms with E-state index in [1.807, 2.05) is 30.3 Å². The van der Waals surface area contributed by atoms with Crippen molar-refractivity contribution >= 4 is 5.71 Å². The predicted octanol–water partition coefficient (Wildman–Crippen LogP) is 2.85. The third-order valence-corrected chi connectivity index (χ3v) is 3.88. The van der Waals surface area contributed by atoms with Crippen LogP contribution < -0.4 is 0 Å². The minimum Gasteiger partial charge on any atom is -0.361 e. The van der Waals surface area contributed by atoms with Gasteiger partial charge in [-0.3, -0.25) is 4.99 Å². The topological polar surface area (TPSA) is 41.8 Å². The Labute approximate surface area is 108 Å². The molecule has 1 aliphatic heterocycles. The molecule has 0 amide bonds. The van der Waals surface area contributed by atoms with Crippen molar-refractivity contribution < 1.29 is 9.84 Å². The third-order valence-electron chi connectivity index (χ3n) is 3.88. The quantitative estimate of drug-likeness (QED) is 0.826. The zero-order chi connectivity index (χ0) is 12.6. The number of fused-ring (bicyclic) bond motifs is 1. The summed E-state index contributed by atoms with van der Waals surface area (Å²) in [6.45, 7) is 2.05. The molecule has 3 rings (SSSR count). The monoisotopic (exact) mass is 245 g/mol. The van der Waals surface area contributed by atoms with Gasteiger partial charge in [-0.15, -0.1) is 0 Å². The number of hydrogen-bond acceptors (Lipinski definition) is 3. The lowest BCUT2D eigenvalue weighted by Crippen LogP contribution is -2.49. The highest BCUT2D eigenvalue weighted by Crippen LogP contribution is 2.39. The highest BCUT2D eigenvalue weighted by atomic mass is 16.6. The first-order chi connectivity index (χ1) is 8.69. The number of nitrogens with zero attached hydrogens (tertiary/aromatic N) is 1. The summed E-state index contributed by atoms with van der Waals surface area (Å²) in [7, 11) is 0. The van der Waals surface area contributed by atoms with Crippen molar-refractivity contribution in [1.29, 1.82) is 0 Å². The summed E-state index contributed by atoms with van der Waals surface area (Å²) in [6, 6.07) is 10.1. The first-order valence-corrected chi connectivity index (χ1v) is 6.71. The van der Waals surface area contributed by atoms with Gasteiger partial charge in [0.2, 0.25) is 5.79 Å². The molecule has 1 aliphatic carbocycles. The molecular weight excluding hydrogens is 226 g/mol. The first kappa shape index (κ1) is 11.9. The molecule has 0 aromatic heterocycles. The largest absolute Gasteiger partial charge is 0.361 e. The van der Waals surface area contributed by atoms with Crippen molar-refractivity contribution in [3.8, 4) is 0 Å². The van der Waals surface area contributed by atoms with Gasteiger partial charge in [-0.25, -0.2) is 0 Å². The van der Waals surface area contributed by atoms with E-state index >= 15 is 0 Å². The molecule has 1 saturated carbocycles. The highest BCUT2D eigenvalue weighted by molar-refractivity contribution is 5.92. The summed E-state index contributed by atoms with van der Waals surface area (Å²) in [4.78, 5) is 4.68. The first-order valence-electron chi connectivity index (χ1n) is 6.71. The van der Waals surface area contributed by atoms with Gasteiger partial charge in [-0.1, -0.05) is 30.3 Å². The number of benzene rings is 1. The van der Waals surface area contributed by atoms with Crippen LogP contribution in [-0.4, -0.2) is 22.6 Å². The van der Waals surface area contributed by atoms with Gasteiger partial charge in [0.25, 0.3) is 0 Å². The summed E-state index contributed by atoms with van der Waals surface area (Å²) in [5.74, 6) is -1.12. The molecule has 1 fully saturated rings. The molecule has 0 radical (unpaired) electrons. The summed E-state index contributed by atoms with van der Waals surface area (Å²) in [5.41, 5.74) is 1.93. The van der Waals surface area contributed by atoms with Crippen LogP contribution >= 0.6 is 0 Å². The fourth-order valence-electron chi connectivity index (χ4n) is 2.90. The number of ether oxygens (including phenoxy) is 1. The Morgan fingerprint density at radius 3 is 2.83 bits per heavy atom. The maximum Gasteiger partial charge on any atom is 0.206 e. The van der Waals surface area contributed by atoms with Crippen LogP contribution in [0.3, 0.4) is 0 Å². The van der Waals surface area contributed by atoms with E-state index in [9.17, 15) is 5.11 Å². The third kappa shape index (κ3) is 1.98. The maximum absolute atomic E-state index is 10.6. The molecule has 0 bridgehead atoms. The zero-order valence-corrected chi connectivity index (χ0v) is 10.7. The van der Waals surface area contributed by atoms with E-state index in [2.05, 4.69) is 11.9 Å². The molecule has 1 aromatic rings. The molecule has 0 saturated heterocycles. The van der Waals surface area contributed by atoms with Crippen LogP contribution in [0.15, 0.2) is 35.3 Å². The smallest absolute Gasteiger partial charge is 0.206 e. The van der Waals surface area contributed by atoms with Crippen molar-refractivity contribution in [2.45, 2.75) is 50.5 Å². The molecule has 2 aliphatic rings. The van der Waals surface area contributed by atoms with Gasteiger partial charge in [0.1, 0.15) is 6.10 Å². The molecule has 96 valence electrons. The van der Waals surface area contributed by atoms with Crippen molar-refractivity contribution in [3.63, 3.8) is 0 Å². The molecular formula is C15H19NO2. The van der Waals surface area contributed by atoms with E-state index < -0.39 is 5.79 Å². The fourth-order valence-corrected chi connectivity index (χ4v) is 2.90. The number of aliphatic hydroxyl groups is 1. The normalized spacial score (nSPS) is 35.8. The van der Waals surface area contributed by atoms with Crippen LogP contribution in [0.25, 0.3) is 0 Å². The Bertz CT molecular complexity index is 457. The van der Waals surface area contributed by atoms with Crippen LogP contribution in [0, 0.1) is 0 Å². The lowest BCUT2D eigenvalue weighted by atomic mass is 9.89. The Morgan fingerprint density at radius 1 is 1.28 bits per heavy atom. The fraction of sp³-hybridized carbons (Fsp3) is 0.533. The molecule has 1 heterocycles. The Balaban J connectivity index is 1.93. The van der Waals surface area contributed by atoms with E-state index in [4.69, 9.17) is 4.74 Å². The molecule has 18 heavy (non-hydrogen) atoms. The lowest BCUT2D eigenvalue weighted by molar-refractivity contribution is -0.204. The average molecular weight is 245 g/mol. The van der Waals surface area contributed by atoms with Crippen molar-refractivity contribution in [2.75, 3.05) is 0 Å². The Hall–Kier alpha value is -1.19. The van der Waals surface area contributed by atoms with E-state index in [0.29, 0.717) is 6.42 Å². The highest BCUT2D eigenvalue weighted by Gasteiger charge is 2.44. The number of rotatable bonds is 1. The number of aliphatic imine (C=N–C) groups is 1. The molecule has 3 heteroatoms. The van der Waals surface area contributed by atoms with Crippen LogP contribution in [0.1, 0.15) is 44.3 Å². The average Bonchev–Trinajstić information content (AvgIpc) is 2.40. The summed E-state index contributed by atoms with van der Waals surface area (Å²) in [6.07, 6.45) is 3.50. The van der Waals surface area contributed by atoms with E-state index in [0.717, 1.165) is 30.5 Å². The summed E-state index contributed by atoms with van der Waals surface area (Å²) in [5, 5.41) is 10.6. The van der Waals surface area contributed by atoms with Crippen LogP contribution in [-0.2, 0) is 4.74 Å². The summed E-state index contributed by atoms with van der Waals surface area (Å²) >= 11 is 0. The Kier molecular flexibility index (Phi) is 2.96. The molecule has 1 N–H and O–H groups in total. The summed E-state index contributed by atoms with van der Waals surface area (Å²) < 4.78 is 6.00. The molecule has 3 atom stereocenters. The van der Waals surface area contributed by atoms with Gasteiger partial charge in [0, 0.05) is 6.42 Å². The molecule has 0 spiro atoms. The predicted molar refractivity (Wildman–Crippen MR) is 70.6 cm³/mol. The van der Waals surface area contributed by atoms with E-state index in [-0.39, 0.29) is 12.1 Å². The minimum absolute atomic E-state index is 0.0702. The van der Waals surface area contributed by atoms with Crippen LogP contribution in [0.2, 0.25) is 0 Å². The number of hydrogen-bond donors (Lipinski definition) is 1. The maximum atomic E-state index is 10.6. The molecule has 0 unspecified atom stereocenters. The molecule has 3 nitrogen and oxygen atoms in total. The SMILES string of the molecule is C[C@H]1N=C2CCCC[C@]2(O)O[C@@H]1c1ccccc1. The van der Waals surface area contributed by atoms with E-state index in [1.54, 1.807) is 0 Å². The standard InChI is InChI=1S/C15H19NO2/c1-11-14(12-7-3-2-4-8-12)18-15(17)10-6-5-9-13(15)16-11/h2-4,7-8,11,14,17H,5-6,9-10H2,1H3/t11-,14+,15+/m1/s1. The molecule has 1 aromatic carbocycles. The van der Waals surface area contributed by atoms with Gasteiger partial charge in [-0.05, 0) is 31.7 Å². The second-order valence-electron chi connectivity index (χ2n) is 5.26. The van der Waals surface area contributed by atoms with Gasteiger partial charge < -0.3 is 9.84 Å². The van der Waals surface area contributed by atoms with Crippen LogP contribution in [0.5, 0.6) is 0 Å². The lowest BCUT2D eigenvalue weighted by Gasteiger charge is -2.42. The second-order valence-corrected chi connectivity index (χ2v) is 5.26. The Morgan fingerprint density at radius 2 is 2.06 bits per heavy atom. The van der Waals surface area contributed by atoms with Gasteiger partial charge in [0.15, 0.2) is 0 Å². The van der Waals surface area contributed by atoms with Gasteiger partial charge in [-0.2, -0.15) is 0 Å². The minimum atomic E-state index is -1.12. The van der Waals surface area contributed by atoms with E-state index in [1.165, 1.54) is 0 Å². The van der Waals surface area contributed by atoms with Crippen molar-refractivity contribution in [1.82, 2.24) is 0 Å².